The number of benzene rings is 2. The number of aromatic hydroxyl groups is 1. The van der Waals surface area contributed by atoms with Crippen molar-refractivity contribution in [3.8, 4) is 11.5 Å². The molecule has 0 bridgehead atoms. The zero-order chi connectivity index (χ0) is 15.2. The second-order valence-corrected chi connectivity index (χ2v) is 4.22. The summed E-state index contributed by atoms with van der Waals surface area (Å²) in [7, 11) is 0. The molecule has 0 spiro atoms. The second kappa shape index (κ2) is 6.71. The summed E-state index contributed by atoms with van der Waals surface area (Å²) in [5, 5.41) is 12.1. The zero-order valence-electron chi connectivity index (χ0n) is 11.2. The van der Waals surface area contributed by atoms with Crippen LogP contribution in [0.2, 0.25) is 0 Å². The Kier molecular flexibility index (Phi) is 4.73. The molecular formula is C15H15FN2O3. The highest BCUT2D eigenvalue weighted by molar-refractivity contribution is 6.07. The van der Waals surface area contributed by atoms with E-state index in [2.05, 4.69) is 5.32 Å². The molecule has 0 saturated carbocycles. The number of ether oxygens (including phenoxy) is 1. The SMILES string of the molecule is NCCOc1ccccc1NC(=O)c1c(O)cccc1F. The van der Waals surface area contributed by atoms with Crippen LogP contribution in [-0.4, -0.2) is 24.2 Å². The Labute approximate surface area is 121 Å². The highest BCUT2D eigenvalue weighted by Gasteiger charge is 2.17. The number of carbonyl (C=O) groups excluding carboxylic acids is 1. The van der Waals surface area contributed by atoms with E-state index in [1.165, 1.54) is 12.1 Å². The van der Waals surface area contributed by atoms with E-state index in [9.17, 15) is 14.3 Å². The third-order valence-electron chi connectivity index (χ3n) is 2.73. The number of nitrogens with two attached hydrogens (primary N) is 1. The van der Waals surface area contributed by atoms with Crippen LogP contribution < -0.4 is 15.8 Å². The molecule has 0 aliphatic rings. The fraction of sp³-hybridized carbons (Fsp3) is 0.133. The van der Waals surface area contributed by atoms with E-state index in [-0.39, 0.29) is 6.61 Å². The minimum Gasteiger partial charge on any atom is -0.507 e. The summed E-state index contributed by atoms with van der Waals surface area (Å²) >= 11 is 0. The summed E-state index contributed by atoms with van der Waals surface area (Å²) in [4.78, 5) is 12.1. The number of phenolic OH excluding ortho intramolecular Hbond substituents is 1. The average Bonchev–Trinajstić information content (AvgIpc) is 2.46. The summed E-state index contributed by atoms with van der Waals surface area (Å²) in [6.07, 6.45) is 0. The van der Waals surface area contributed by atoms with Gasteiger partial charge in [0.25, 0.3) is 5.91 Å². The molecule has 0 fully saturated rings. The fourth-order valence-electron chi connectivity index (χ4n) is 1.79. The molecule has 4 N–H and O–H groups in total. The van der Waals surface area contributed by atoms with Gasteiger partial charge in [-0.3, -0.25) is 4.79 Å². The first-order chi connectivity index (χ1) is 10.1. The number of phenols is 1. The third-order valence-corrected chi connectivity index (χ3v) is 2.73. The number of para-hydroxylation sites is 2. The second-order valence-electron chi connectivity index (χ2n) is 4.22. The molecule has 21 heavy (non-hydrogen) atoms. The van der Waals surface area contributed by atoms with Gasteiger partial charge in [0.2, 0.25) is 0 Å². The van der Waals surface area contributed by atoms with Crippen molar-refractivity contribution in [2.24, 2.45) is 5.73 Å². The first-order valence-corrected chi connectivity index (χ1v) is 6.34. The summed E-state index contributed by atoms with van der Waals surface area (Å²) in [6, 6.07) is 10.4. The number of carbonyl (C=O) groups is 1. The molecule has 0 aromatic heterocycles. The Morgan fingerprint density at radius 2 is 2.00 bits per heavy atom. The van der Waals surface area contributed by atoms with Crippen LogP contribution >= 0.6 is 0 Å². The van der Waals surface area contributed by atoms with E-state index < -0.39 is 23.0 Å². The standard InChI is InChI=1S/C15H15FN2O3/c16-10-4-3-6-12(19)14(10)15(20)18-11-5-1-2-7-13(11)21-9-8-17/h1-7,19H,8-9,17H2,(H,18,20). The number of anilines is 1. The van der Waals surface area contributed by atoms with Crippen LogP contribution in [0.25, 0.3) is 0 Å². The van der Waals surface area contributed by atoms with Gasteiger partial charge < -0.3 is 20.9 Å². The highest BCUT2D eigenvalue weighted by Crippen LogP contribution is 2.26. The van der Waals surface area contributed by atoms with Crippen LogP contribution in [0.1, 0.15) is 10.4 Å². The molecule has 0 aliphatic carbocycles. The van der Waals surface area contributed by atoms with E-state index in [4.69, 9.17) is 10.5 Å². The van der Waals surface area contributed by atoms with Crippen LogP contribution in [0.4, 0.5) is 10.1 Å². The first kappa shape index (κ1) is 14.8. The van der Waals surface area contributed by atoms with Crippen molar-refractivity contribution in [3.05, 3.63) is 53.8 Å². The quantitative estimate of drug-likeness (QED) is 0.787. The van der Waals surface area contributed by atoms with Gasteiger partial charge in [-0.2, -0.15) is 0 Å². The predicted octanol–water partition coefficient (Wildman–Crippen LogP) is 2.12. The molecular weight excluding hydrogens is 275 g/mol. The monoisotopic (exact) mass is 290 g/mol. The highest BCUT2D eigenvalue weighted by atomic mass is 19.1. The van der Waals surface area contributed by atoms with E-state index in [1.54, 1.807) is 24.3 Å². The normalized spacial score (nSPS) is 10.2. The molecule has 1 amide bonds. The van der Waals surface area contributed by atoms with Crippen LogP contribution in [0.3, 0.4) is 0 Å². The zero-order valence-corrected chi connectivity index (χ0v) is 11.2. The molecule has 2 aromatic carbocycles. The van der Waals surface area contributed by atoms with E-state index in [1.807, 2.05) is 0 Å². The molecule has 0 radical (unpaired) electrons. The maximum atomic E-state index is 13.6. The summed E-state index contributed by atoms with van der Waals surface area (Å²) < 4.78 is 19.0. The van der Waals surface area contributed by atoms with E-state index in [0.29, 0.717) is 18.0 Å². The van der Waals surface area contributed by atoms with E-state index in [0.717, 1.165) is 6.07 Å². The molecule has 2 rings (SSSR count). The van der Waals surface area contributed by atoms with Crippen molar-refractivity contribution in [2.75, 3.05) is 18.5 Å². The molecule has 2 aromatic rings. The maximum Gasteiger partial charge on any atom is 0.262 e. The molecule has 0 aliphatic heterocycles. The minimum atomic E-state index is -0.798. The van der Waals surface area contributed by atoms with Crippen LogP contribution in [-0.2, 0) is 0 Å². The average molecular weight is 290 g/mol. The Balaban J connectivity index is 2.24. The minimum absolute atomic E-state index is 0.290. The van der Waals surface area contributed by atoms with Crippen molar-refractivity contribution in [1.82, 2.24) is 0 Å². The van der Waals surface area contributed by atoms with Gasteiger partial charge in [0.05, 0.1) is 5.69 Å². The van der Waals surface area contributed by atoms with Gasteiger partial charge in [-0.1, -0.05) is 18.2 Å². The van der Waals surface area contributed by atoms with Crippen molar-refractivity contribution in [2.45, 2.75) is 0 Å². The first-order valence-electron chi connectivity index (χ1n) is 6.34. The Morgan fingerprint density at radius 3 is 2.71 bits per heavy atom. The molecule has 0 unspecified atom stereocenters. The fourth-order valence-corrected chi connectivity index (χ4v) is 1.79. The van der Waals surface area contributed by atoms with Gasteiger partial charge in [0.1, 0.15) is 29.5 Å². The lowest BCUT2D eigenvalue weighted by atomic mass is 10.1. The lowest BCUT2D eigenvalue weighted by Gasteiger charge is -2.12. The number of amides is 1. The molecule has 6 heteroatoms. The largest absolute Gasteiger partial charge is 0.507 e. The predicted molar refractivity (Wildman–Crippen MR) is 77.0 cm³/mol. The van der Waals surface area contributed by atoms with Gasteiger partial charge >= 0.3 is 0 Å². The number of rotatable bonds is 5. The molecule has 0 heterocycles. The van der Waals surface area contributed by atoms with Crippen molar-refractivity contribution >= 4 is 11.6 Å². The smallest absolute Gasteiger partial charge is 0.262 e. The van der Waals surface area contributed by atoms with Crippen LogP contribution in [0.5, 0.6) is 11.5 Å². The Hall–Kier alpha value is -2.60. The van der Waals surface area contributed by atoms with Gasteiger partial charge in [-0.25, -0.2) is 4.39 Å². The van der Waals surface area contributed by atoms with Gasteiger partial charge in [0, 0.05) is 6.54 Å². The van der Waals surface area contributed by atoms with Crippen molar-refractivity contribution in [3.63, 3.8) is 0 Å². The third kappa shape index (κ3) is 3.49. The molecule has 0 atom stereocenters. The number of halogens is 1. The Morgan fingerprint density at radius 1 is 1.24 bits per heavy atom. The molecule has 0 saturated heterocycles. The lowest BCUT2D eigenvalue weighted by Crippen LogP contribution is -2.16. The lowest BCUT2D eigenvalue weighted by molar-refractivity contribution is 0.102. The van der Waals surface area contributed by atoms with E-state index >= 15 is 0 Å². The molecule has 110 valence electrons. The maximum absolute atomic E-state index is 13.6. The van der Waals surface area contributed by atoms with Crippen LogP contribution in [0, 0.1) is 5.82 Å². The summed E-state index contributed by atoms with van der Waals surface area (Å²) in [5.74, 6) is -1.55. The van der Waals surface area contributed by atoms with Gasteiger partial charge in [0.15, 0.2) is 0 Å². The number of hydrogen-bond donors (Lipinski definition) is 3. The van der Waals surface area contributed by atoms with Gasteiger partial charge in [-0.15, -0.1) is 0 Å². The van der Waals surface area contributed by atoms with Crippen molar-refractivity contribution in [1.29, 1.82) is 0 Å². The number of hydrogen-bond acceptors (Lipinski definition) is 4. The van der Waals surface area contributed by atoms with Crippen LogP contribution in [0.15, 0.2) is 42.5 Å². The molecule has 5 nitrogen and oxygen atoms in total. The van der Waals surface area contributed by atoms with Gasteiger partial charge in [-0.05, 0) is 24.3 Å². The Bertz CT molecular complexity index is 626. The number of nitrogens with one attached hydrogen (secondary N) is 1. The topological polar surface area (TPSA) is 84.6 Å². The summed E-state index contributed by atoms with van der Waals surface area (Å²) in [6.45, 7) is 0.619. The van der Waals surface area contributed by atoms with Crippen molar-refractivity contribution < 1.29 is 19.0 Å². The summed E-state index contributed by atoms with van der Waals surface area (Å²) in [5.41, 5.74) is 5.33.